The molecule has 0 aliphatic carbocycles. The van der Waals surface area contributed by atoms with Crippen molar-refractivity contribution in [3.05, 3.63) is 35.6 Å². The molecule has 0 fully saturated rings. The summed E-state index contributed by atoms with van der Waals surface area (Å²) in [5.41, 5.74) is 2.33. The Bertz CT molecular complexity index is 477. The van der Waals surface area contributed by atoms with Crippen LogP contribution in [0.4, 0.5) is 0 Å². The molecule has 0 saturated carbocycles. The summed E-state index contributed by atoms with van der Waals surface area (Å²) in [6, 6.07) is 8.44. The van der Waals surface area contributed by atoms with Gasteiger partial charge in [0.15, 0.2) is 0 Å². The minimum absolute atomic E-state index is 0.0770. The van der Waals surface area contributed by atoms with Crippen LogP contribution in [0.1, 0.15) is 32.1 Å². The fraction of sp³-hybridized carbons (Fsp3) is 0.385. The van der Waals surface area contributed by atoms with Crippen LogP contribution in [0.25, 0.3) is 11.0 Å². The molecule has 0 bridgehead atoms. The molecule has 2 aromatic rings. The van der Waals surface area contributed by atoms with E-state index in [1.54, 1.807) is 0 Å². The van der Waals surface area contributed by atoms with Crippen LogP contribution in [0.15, 0.2) is 28.7 Å². The van der Waals surface area contributed by atoms with E-state index >= 15 is 0 Å². The number of hydrogen-bond acceptors (Lipinski definition) is 1. The van der Waals surface area contributed by atoms with E-state index < -0.39 is 0 Å². The Kier molecular flexibility index (Phi) is 2.63. The van der Waals surface area contributed by atoms with Crippen molar-refractivity contribution in [3.63, 3.8) is 0 Å². The summed E-state index contributed by atoms with van der Waals surface area (Å²) in [4.78, 5) is 0. The van der Waals surface area contributed by atoms with E-state index in [4.69, 9.17) is 4.42 Å². The molecule has 2 heteroatoms. The smallest absolute Gasteiger partial charge is 0.134 e. The van der Waals surface area contributed by atoms with Gasteiger partial charge in [-0.05, 0) is 23.8 Å². The van der Waals surface area contributed by atoms with Gasteiger partial charge < -0.3 is 4.42 Å². The second kappa shape index (κ2) is 3.67. The topological polar surface area (TPSA) is 13.1 Å². The van der Waals surface area contributed by atoms with Crippen molar-refractivity contribution in [1.29, 1.82) is 0 Å². The highest BCUT2D eigenvalue weighted by atomic mass is 79.9. The van der Waals surface area contributed by atoms with Gasteiger partial charge in [-0.15, -0.1) is 0 Å². The summed E-state index contributed by atoms with van der Waals surface area (Å²) in [7, 11) is 0. The second-order valence-electron chi connectivity index (χ2n) is 4.87. The molecule has 80 valence electrons. The first kappa shape index (κ1) is 10.7. The van der Waals surface area contributed by atoms with Gasteiger partial charge in [0.2, 0.25) is 0 Å². The monoisotopic (exact) mass is 266 g/mol. The highest BCUT2D eigenvalue weighted by Crippen LogP contribution is 2.29. The highest BCUT2D eigenvalue weighted by molar-refractivity contribution is 9.08. The van der Waals surface area contributed by atoms with E-state index in [-0.39, 0.29) is 5.41 Å². The van der Waals surface area contributed by atoms with Crippen molar-refractivity contribution in [1.82, 2.24) is 0 Å². The molecule has 2 rings (SSSR count). The Morgan fingerprint density at radius 1 is 1.20 bits per heavy atom. The molecule has 1 nitrogen and oxygen atoms in total. The third-order valence-electron chi connectivity index (χ3n) is 2.47. The third kappa shape index (κ3) is 2.10. The van der Waals surface area contributed by atoms with Crippen LogP contribution in [0.2, 0.25) is 0 Å². The molecular weight excluding hydrogens is 252 g/mol. The molecular formula is C13H15BrO. The van der Waals surface area contributed by atoms with Gasteiger partial charge in [-0.1, -0.05) is 42.8 Å². The largest absolute Gasteiger partial charge is 0.461 e. The normalized spacial score (nSPS) is 12.3. The fourth-order valence-electron chi connectivity index (χ4n) is 1.55. The Labute approximate surface area is 98.6 Å². The van der Waals surface area contributed by atoms with Gasteiger partial charge in [-0.2, -0.15) is 0 Å². The lowest BCUT2D eigenvalue weighted by Crippen LogP contribution is -2.08. The third-order valence-corrected chi connectivity index (χ3v) is 3.12. The first-order chi connectivity index (χ1) is 7.00. The predicted octanol–water partition coefficient (Wildman–Crippen LogP) is 4.63. The van der Waals surface area contributed by atoms with E-state index in [1.807, 2.05) is 6.07 Å². The maximum atomic E-state index is 5.82. The molecule has 0 aliphatic heterocycles. The van der Waals surface area contributed by atoms with E-state index in [0.29, 0.717) is 0 Å². The number of halogens is 1. The first-order valence-electron chi connectivity index (χ1n) is 5.09. The molecule has 1 heterocycles. The van der Waals surface area contributed by atoms with Crippen molar-refractivity contribution >= 4 is 26.9 Å². The first-order valence-corrected chi connectivity index (χ1v) is 6.22. The highest BCUT2D eigenvalue weighted by Gasteiger charge is 2.18. The summed E-state index contributed by atoms with van der Waals surface area (Å²) in [6.07, 6.45) is 0. The molecule has 0 saturated heterocycles. The van der Waals surface area contributed by atoms with Crippen molar-refractivity contribution in [2.75, 3.05) is 0 Å². The molecule has 0 atom stereocenters. The van der Waals surface area contributed by atoms with Crippen LogP contribution < -0.4 is 0 Å². The molecule has 0 N–H and O–H groups in total. The van der Waals surface area contributed by atoms with E-state index in [2.05, 4.69) is 54.9 Å². The van der Waals surface area contributed by atoms with E-state index in [9.17, 15) is 0 Å². The van der Waals surface area contributed by atoms with Gasteiger partial charge in [0.1, 0.15) is 11.3 Å². The number of fused-ring (bicyclic) bond motifs is 1. The maximum absolute atomic E-state index is 5.82. The summed E-state index contributed by atoms with van der Waals surface area (Å²) < 4.78 is 5.82. The van der Waals surface area contributed by atoms with Gasteiger partial charge in [-0.3, -0.25) is 0 Å². The molecule has 0 amide bonds. The standard InChI is InChI=1S/C13H15BrO/c1-13(2,3)12-7-10-6-9(8-14)4-5-11(10)15-12/h4-7H,8H2,1-3H3. The lowest BCUT2D eigenvalue weighted by atomic mass is 9.93. The summed E-state index contributed by atoms with van der Waals surface area (Å²) >= 11 is 3.46. The summed E-state index contributed by atoms with van der Waals surface area (Å²) in [5.74, 6) is 1.05. The maximum Gasteiger partial charge on any atom is 0.134 e. The van der Waals surface area contributed by atoms with Crippen molar-refractivity contribution < 1.29 is 4.42 Å². The molecule has 1 aromatic carbocycles. The van der Waals surface area contributed by atoms with Gasteiger partial charge >= 0.3 is 0 Å². The van der Waals surface area contributed by atoms with Crippen LogP contribution in [0.3, 0.4) is 0 Å². The zero-order valence-electron chi connectivity index (χ0n) is 9.30. The second-order valence-corrected chi connectivity index (χ2v) is 5.43. The van der Waals surface area contributed by atoms with Crippen molar-refractivity contribution in [2.45, 2.75) is 31.5 Å². The predicted molar refractivity (Wildman–Crippen MR) is 67.5 cm³/mol. The van der Waals surface area contributed by atoms with Gasteiger partial charge in [0, 0.05) is 16.1 Å². The minimum Gasteiger partial charge on any atom is -0.461 e. The lowest BCUT2D eigenvalue weighted by Gasteiger charge is -2.13. The number of alkyl halides is 1. The Hall–Kier alpha value is -0.760. The van der Waals surface area contributed by atoms with E-state index in [0.717, 1.165) is 16.7 Å². The fourth-order valence-corrected chi connectivity index (χ4v) is 1.89. The summed E-state index contributed by atoms with van der Waals surface area (Å²) in [5, 5.41) is 2.08. The molecule has 0 unspecified atom stereocenters. The number of benzene rings is 1. The molecule has 0 radical (unpaired) electrons. The average molecular weight is 267 g/mol. The van der Waals surface area contributed by atoms with Gasteiger partial charge in [-0.25, -0.2) is 0 Å². The van der Waals surface area contributed by atoms with Crippen molar-refractivity contribution in [2.24, 2.45) is 0 Å². The molecule has 0 aliphatic rings. The van der Waals surface area contributed by atoms with Crippen LogP contribution in [-0.4, -0.2) is 0 Å². The minimum atomic E-state index is 0.0770. The van der Waals surface area contributed by atoms with Crippen LogP contribution >= 0.6 is 15.9 Å². The SMILES string of the molecule is CC(C)(C)c1cc2cc(CBr)ccc2o1. The summed E-state index contributed by atoms with van der Waals surface area (Å²) in [6.45, 7) is 6.49. The Morgan fingerprint density at radius 3 is 2.53 bits per heavy atom. The quantitative estimate of drug-likeness (QED) is 0.687. The number of furan rings is 1. The molecule has 0 spiro atoms. The number of rotatable bonds is 1. The lowest BCUT2D eigenvalue weighted by molar-refractivity contribution is 0.430. The van der Waals surface area contributed by atoms with Gasteiger partial charge in [0.25, 0.3) is 0 Å². The van der Waals surface area contributed by atoms with Crippen LogP contribution in [-0.2, 0) is 10.7 Å². The molecule has 15 heavy (non-hydrogen) atoms. The van der Waals surface area contributed by atoms with Crippen LogP contribution in [0.5, 0.6) is 0 Å². The zero-order valence-corrected chi connectivity index (χ0v) is 10.9. The molecule has 1 aromatic heterocycles. The zero-order chi connectivity index (χ0) is 11.1. The van der Waals surface area contributed by atoms with E-state index in [1.165, 1.54) is 10.9 Å². The average Bonchev–Trinajstić information content (AvgIpc) is 2.59. The van der Waals surface area contributed by atoms with Crippen LogP contribution in [0, 0.1) is 0 Å². The van der Waals surface area contributed by atoms with Gasteiger partial charge in [0.05, 0.1) is 0 Å². The van der Waals surface area contributed by atoms with Crippen molar-refractivity contribution in [3.8, 4) is 0 Å². The number of hydrogen-bond donors (Lipinski definition) is 0. The Balaban J connectivity index is 2.56. The Morgan fingerprint density at radius 2 is 1.93 bits per heavy atom.